The van der Waals surface area contributed by atoms with Crippen LogP contribution in [0.1, 0.15) is 33.9 Å². The van der Waals surface area contributed by atoms with Gasteiger partial charge in [-0.25, -0.2) is 4.68 Å². The van der Waals surface area contributed by atoms with E-state index in [0.29, 0.717) is 11.1 Å². The normalized spacial score (nSPS) is 12.1. The lowest BCUT2D eigenvalue weighted by molar-refractivity contribution is -0.137. The third-order valence-corrected chi connectivity index (χ3v) is 5.28. The predicted molar refractivity (Wildman–Crippen MR) is 125 cm³/mol. The summed E-state index contributed by atoms with van der Waals surface area (Å²) in [5, 5.41) is 9.12. The molecule has 2 N–H and O–H groups in total. The molecule has 1 aromatic heterocycles. The monoisotopic (exact) mass is 478 g/mol. The minimum absolute atomic E-state index is 0.206. The van der Waals surface area contributed by atoms with Crippen LogP contribution in [0.4, 0.5) is 18.9 Å². The summed E-state index contributed by atoms with van der Waals surface area (Å²) in [4.78, 5) is 25.6. The van der Waals surface area contributed by atoms with Crippen molar-refractivity contribution in [3.8, 4) is 5.69 Å². The topological polar surface area (TPSA) is 76.0 Å². The standard InChI is InChI=1S/C26H21F3N4O2/c27-26(28,29)21-16-20(33-15-7-14-30-33)12-13-22(21)31-24(34)17-23(18-8-3-1-4-9-18)32-25(35)19-10-5-2-6-11-19/h1-16,23H,17H2,(H,31,34)(H,32,35). The lowest BCUT2D eigenvalue weighted by atomic mass is 10.0. The molecule has 4 aromatic rings. The molecule has 178 valence electrons. The molecule has 1 atom stereocenters. The van der Waals surface area contributed by atoms with Crippen molar-refractivity contribution < 1.29 is 22.8 Å². The van der Waals surface area contributed by atoms with Gasteiger partial charge < -0.3 is 10.6 Å². The molecule has 4 rings (SSSR count). The van der Waals surface area contributed by atoms with Crippen LogP contribution in [0.2, 0.25) is 0 Å². The number of anilines is 1. The van der Waals surface area contributed by atoms with Crippen molar-refractivity contribution in [2.45, 2.75) is 18.6 Å². The molecule has 6 nitrogen and oxygen atoms in total. The fraction of sp³-hybridized carbons (Fsp3) is 0.115. The van der Waals surface area contributed by atoms with Crippen molar-refractivity contribution >= 4 is 17.5 Å². The first kappa shape index (κ1) is 23.7. The summed E-state index contributed by atoms with van der Waals surface area (Å²) < 4.78 is 42.6. The Labute approximate surface area is 199 Å². The van der Waals surface area contributed by atoms with E-state index in [1.54, 1.807) is 66.7 Å². The molecular formula is C26H21F3N4O2. The molecule has 1 heterocycles. The molecule has 1 unspecified atom stereocenters. The molecule has 2 amide bonds. The van der Waals surface area contributed by atoms with Crippen LogP contribution in [-0.4, -0.2) is 21.6 Å². The fourth-order valence-electron chi connectivity index (χ4n) is 3.60. The van der Waals surface area contributed by atoms with Gasteiger partial charge in [0.25, 0.3) is 5.91 Å². The van der Waals surface area contributed by atoms with Crippen molar-refractivity contribution in [1.29, 1.82) is 0 Å². The summed E-state index contributed by atoms with van der Waals surface area (Å²) in [6.45, 7) is 0. The highest BCUT2D eigenvalue weighted by molar-refractivity contribution is 5.96. The Morgan fingerprint density at radius 1 is 0.914 bits per heavy atom. The van der Waals surface area contributed by atoms with E-state index in [-0.39, 0.29) is 17.8 Å². The highest BCUT2D eigenvalue weighted by Crippen LogP contribution is 2.36. The zero-order chi connectivity index (χ0) is 24.8. The van der Waals surface area contributed by atoms with E-state index >= 15 is 0 Å². The number of carbonyl (C=O) groups is 2. The quantitative estimate of drug-likeness (QED) is 0.374. The van der Waals surface area contributed by atoms with Gasteiger partial charge in [0.1, 0.15) is 0 Å². The zero-order valence-electron chi connectivity index (χ0n) is 18.4. The van der Waals surface area contributed by atoms with E-state index < -0.39 is 29.6 Å². The van der Waals surface area contributed by atoms with Gasteiger partial charge in [0.15, 0.2) is 0 Å². The molecule has 0 saturated heterocycles. The number of aromatic nitrogens is 2. The number of nitrogens with zero attached hydrogens (tertiary/aromatic N) is 2. The molecule has 0 bridgehead atoms. The summed E-state index contributed by atoms with van der Waals surface area (Å²) in [5.74, 6) is -1.07. The van der Waals surface area contributed by atoms with Crippen LogP contribution in [0.15, 0.2) is 97.3 Å². The van der Waals surface area contributed by atoms with Crippen LogP contribution in [0.5, 0.6) is 0 Å². The van der Waals surface area contributed by atoms with Crippen molar-refractivity contribution in [3.05, 3.63) is 114 Å². The Hall–Kier alpha value is -4.40. The molecule has 3 aromatic carbocycles. The maximum atomic E-state index is 13.8. The van der Waals surface area contributed by atoms with Gasteiger partial charge in [0.05, 0.1) is 29.4 Å². The van der Waals surface area contributed by atoms with E-state index in [1.807, 2.05) is 0 Å². The van der Waals surface area contributed by atoms with Gasteiger partial charge in [-0.2, -0.15) is 18.3 Å². The summed E-state index contributed by atoms with van der Waals surface area (Å²) in [6.07, 6.45) is -1.99. The highest BCUT2D eigenvalue weighted by Gasteiger charge is 2.34. The average Bonchev–Trinajstić information content (AvgIpc) is 3.39. The van der Waals surface area contributed by atoms with Gasteiger partial charge in [0, 0.05) is 18.0 Å². The molecule has 0 aliphatic heterocycles. The van der Waals surface area contributed by atoms with Crippen LogP contribution in [-0.2, 0) is 11.0 Å². The van der Waals surface area contributed by atoms with Crippen molar-refractivity contribution in [2.24, 2.45) is 0 Å². The third-order valence-electron chi connectivity index (χ3n) is 5.28. The lowest BCUT2D eigenvalue weighted by Gasteiger charge is -2.20. The number of hydrogen-bond donors (Lipinski definition) is 2. The van der Waals surface area contributed by atoms with Gasteiger partial charge in [-0.3, -0.25) is 9.59 Å². The van der Waals surface area contributed by atoms with Gasteiger partial charge in [-0.15, -0.1) is 0 Å². The summed E-state index contributed by atoms with van der Waals surface area (Å²) in [6, 6.07) is 21.6. The van der Waals surface area contributed by atoms with Crippen LogP contribution < -0.4 is 10.6 Å². The second kappa shape index (κ2) is 10.3. The molecule has 0 aliphatic rings. The molecule has 9 heteroatoms. The van der Waals surface area contributed by atoms with Crippen molar-refractivity contribution in [3.63, 3.8) is 0 Å². The number of rotatable bonds is 7. The first-order chi connectivity index (χ1) is 16.8. The largest absolute Gasteiger partial charge is 0.418 e. The van der Waals surface area contributed by atoms with Crippen molar-refractivity contribution in [1.82, 2.24) is 15.1 Å². The minimum Gasteiger partial charge on any atom is -0.345 e. The second-order valence-corrected chi connectivity index (χ2v) is 7.73. The first-order valence-electron chi connectivity index (χ1n) is 10.7. The van der Waals surface area contributed by atoms with E-state index in [0.717, 1.165) is 6.07 Å². The maximum Gasteiger partial charge on any atom is 0.418 e. The number of hydrogen-bond acceptors (Lipinski definition) is 3. The Morgan fingerprint density at radius 3 is 2.23 bits per heavy atom. The van der Waals surface area contributed by atoms with Crippen LogP contribution in [0.25, 0.3) is 5.69 Å². The van der Waals surface area contributed by atoms with Gasteiger partial charge in [-0.05, 0) is 42.0 Å². The fourth-order valence-corrected chi connectivity index (χ4v) is 3.60. The van der Waals surface area contributed by atoms with Crippen LogP contribution in [0.3, 0.4) is 0 Å². The van der Waals surface area contributed by atoms with Gasteiger partial charge >= 0.3 is 6.18 Å². The van der Waals surface area contributed by atoms with Gasteiger partial charge in [0.2, 0.25) is 5.91 Å². The number of nitrogens with one attached hydrogen (secondary N) is 2. The van der Waals surface area contributed by atoms with Crippen molar-refractivity contribution in [2.75, 3.05) is 5.32 Å². The number of amides is 2. The molecule has 0 aliphatic carbocycles. The van der Waals surface area contributed by atoms with E-state index in [4.69, 9.17) is 0 Å². The molecule has 35 heavy (non-hydrogen) atoms. The Kier molecular flexibility index (Phi) is 6.96. The van der Waals surface area contributed by atoms with Crippen LogP contribution in [0, 0.1) is 0 Å². The summed E-state index contributed by atoms with van der Waals surface area (Å²) >= 11 is 0. The Balaban J connectivity index is 1.56. The molecule has 0 spiro atoms. The Bertz CT molecular complexity index is 1290. The first-order valence-corrected chi connectivity index (χ1v) is 10.7. The van der Waals surface area contributed by atoms with E-state index in [1.165, 1.54) is 29.2 Å². The average molecular weight is 478 g/mol. The SMILES string of the molecule is O=C(CC(NC(=O)c1ccccc1)c1ccccc1)Nc1ccc(-n2cccn2)cc1C(F)(F)F. The second-order valence-electron chi connectivity index (χ2n) is 7.73. The molecule has 0 radical (unpaired) electrons. The number of halogens is 3. The zero-order valence-corrected chi connectivity index (χ0v) is 18.4. The minimum atomic E-state index is -4.70. The van der Waals surface area contributed by atoms with Crippen LogP contribution >= 0.6 is 0 Å². The van der Waals surface area contributed by atoms with Gasteiger partial charge in [-0.1, -0.05) is 48.5 Å². The lowest BCUT2D eigenvalue weighted by Crippen LogP contribution is -2.31. The van der Waals surface area contributed by atoms with E-state index in [9.17, 15) is 22.8 Å². The highest BCUT2D eigenvalue weighted by atomic mass is 19.4. The number of carbonyl (C=O) groups excluding carboxylic acids is 2. The Morgan fingerprint density at radius 2 is 1.60 bits per heavy atom. The molecule has 0 fully saturated rings. The molecular weight excluding hydrogens is 457 g/mol. The number of benzene rings is 3. The molecule has 0 saturated carbocycles. The third kappa shape index (κ3) is 5.94. The number of alkyl halides is 3. The predicted octanol–water partition coefficient (Wildman–Crippen LogP) is 5.39. The smallest absolute Gasteiger partial charge is 0.345 e. The summed E-state index contributed by atoms with van der Waals surface area (Å²) in [7, 11) is 0. The maximum absolute atomic E-state index is 13.8. The summed E-state index contributed by atoms with van der Waals surface area (Å²) in [5.41, 5.74) is -0.111. The van der Waals surface area contributed by atoms with E-state index in [2.05, 4.69) is 15.7 Å².